The van der Waals surface area contributed by atoms with Crippen LogP contribution in [0.4, 0.5) is 0 Å². The minimum atomic E-state index is -3.50. The van der Waals surface area contributed by atoms with Crippen molar-refractivity contribution in [2.24, 2.45) is 0 Å². The van der Waals surface area contributed by atoms with Crippen LogP contribution in [0.5, 0.6) is 0 Å². The van der Waals surface area contributed by atoms with Gasteiger partial charge < -0.3 is 0 Å². The maximum Gasteiger partial charge on any atom is 0.243 e. The highest BCUT2D eigenvalue weighted by Crippen LogP contribution is 2.16. The van der Waals surface area contributed by atoms with E-state index in [1.807, 2.05) is 20.8 Å². The van der Waals surface area contributed by atoms with Crippen LogP contribution in [0, 0.1) is 6.92 Å². The number of rotatable bonds is 6. The molecule has 0 aromatic heterocycles. The van der Waals surface area contributed by atoms with Gasteiger partial charge in [-0.15, -0.1) is 12.3 Å². The van der Waals surface area contributed by atoms with Crippen molar-refractivity contribution in [1.29, 1.82) is 0 Å². The van der Waals surface area contributed by atoms with E-state index in [4.69, 9.17) is 0 Å². The molecule has 0 heterocycles. The van der Waals surface area contributed by atoms with Gasteiger partial charge in [0, 0.05) is 13.1 Å². The summed E-state index contributed by atoms with van der Waals surface area (Å²) in [5.41, 5.74) is 5.06. The highest BCUT2D eigenvalue weighted by atomic mass is 32.2. The van der Waals surface area contributed by atoms with Crippen LogP contribution in [0.15, 0.2) is 59.2 Å². The molecule has 1 rings (SSSR count). The van der Waals surface area contributed by atoms with Crippen molar-refractivity contribution < 1.29 is 8.42 Å². The lowest BCUT2D eigenvalue weighted by molar-refractivity contribution is 0.474. The van der Waals surface area contributed by atoms with Gasteiger partial charge in [-0.3, -0.25) is 0 Å². The van der Waals surface area contributed by atoms with Gasteiger partial charge in [0.15, 0.2) is 0 Å². The summed E-state index contributed by atoms with van der Waals surface area (Å²) in [6, 6.07) is 6.85. The molecule has 0 saturated heterocycles. The van der Waals surface area contributed by atoms with Crippen molar-refractivity contribution in [2.75, 3.05) is 13.1 Å². The third kappa shape index (κ3) is 4.49. The molecule has 1 aromatic carbocycles. The van der Waals surface area contributed by atoms with Gasteiger partial charge in [-0.2, -0.15) is 4.31 Å². The van der Waals surface area contributed by atoms with Crippen LogP contribution >= 0.6 is 0 Å². The van der Waals surface area contributed by atoms with Crippen molar-refractivity contribution in [3.63, 3.8) is 0 Å². The van der Waals surface area contributed by atoms with E-state index in [2.05, 4.69) is 12.3 Å². The Labute approximate surface area is 122 Å². The lowest BCUT2D eigenvalue weighted by Gasteiger charge is -2.18. The molecule has 3 nitrogen and oxygen atoms in total. The lowest BCUT2D eigenvalue weighted by atomic mass is 10.2. The summed E-state index contributed by atoms with van der Waals surface area (Å²) < 4.78 is 26.4. The van der Waals surface area contributed by atoms with Gasteiger partial charge in [-0.05, 0) is 44.6 Å². The first-order chi connectivity index (χ1) is 9.37. The number of sulfonamides is 1. The van der Waals surface area contributed by atoms with E-state index in [0.717, 1.165) is 11.1 Å². The molecule has 0 aliphatic carbocycles. The summed E-state index contributed by atoms with van der Waals surface area (Å²) in [5, 5.41) is 0. The quantitative estimate of drug-likeness (QED) is 0.596. The molecule has 0 aliphatic rings. The van der Waals surface area contributed by atoms with Gasteiger partial charge in [0.2, 0.25) is 10.0 Å². The zero-order chi connectivity index (χ0) is 15.2. The van der Waals surface area contributed by atoms with E-state index in [-0.39, 0.29) is 13.1 Å². The summed E-state index contributed by atoms with van der Waals surface area (Å²) in [6.45, 7) is 9.94. The van der Waals surface area contributed by atoms with Crippen LogP contribution in [-0.4, -0.2) is 25.8 Å². The van der Waals surface area contributed by atoms with Gasteiger partial charge >= 0.3 is 0 Å². The fourth-order valence-electron chi connectivity index (χ4n) is 1.63. The normalized spacial score (nSPS) is 11.0. The molecule has 0 bridgehead atoms. The van der Waals surface area contributed by atoms with Crippen LogP contribution in [0.25, 0.3) is 0 Å². The highest BCUT2D eigenvalue weighted by Gasteiger charge is 2.22. The lowest BCUT2D eigenvalue weighted by Crippen LogP contribution is -2.31. The molecule has 20 heavy (non-hydrogen) atoms. The van der Waals surface area contributed by atoms with Crippen LogP contribution in [0.1, 0.15) is 19.4 Å². The maximum absolute atomic E-state index is 12.5. The van der Waals surface area contributed by atoms with Crippen molar-refractivity contribution in [2.45, 2.75) is 25.7 Å². The molecule has 0 fully saturated rings. The van der Waals surface area contributed by atoms with Gasteiger partial charge in [0.25, 0.3) is 0 Å². The molecule has 0 aliphatic heterocycles. The van der Waals surface area contributed by atoms with Gasteiger partial charge in [-0.1, -0.05) is 23.8 Å². The van der Waals surface area contributed by atoms with Crippen LogP contribution in [0.3, 0.4) is 0 Å². The molecule has 4 heteroatoms. The van der Waals surface area contributed by atoms with Gasteiger partial charge in [-0.25, -0.2) is 8.42 Å². The SMILES string of the molecule is C=CCN(CC=C=C(C)C)S(=O)(=O)c1ccc(C)cc1. The molecule has 0 N–H and O–H groups in total. The molecular weight excluding hydrogens is 270 g/mol. The third-order valence-corrected chi connectivity index (χ3v) is 4.52. The second-order valence-electron chi connectivity index (χ2n) is 4.77. The number of hydrogen-bond acceptors (Lipinski definition) is 2. The predicted octanol–water partition coefficient (Wildman–Crippen LogP) is 3.29. The minimum Gasteiger partial charge on any atom is -0.207 e. The Bertz CT molecular complexity index is 617. The zero-order valence-corrected chi connectivity index (χ0v) is 13.1. The number of aryl methyl sites for hydroxylation is 1. The fourth-order valence-corrected chi connectivity index (χ4v) is 2.98. The van der Waals surface area contributed by atoms with E-state index in [9.17, 15) is 8.42 Å². The molecule has 0 amide bonds. The minimum absolute atomic E-state index is 0.275. The Morgan fingerprint density at radius 2 is 1.85 bits per heavy atom. The van der Waals surface area contributed by atoms with E-state index in [1.54, 1.807) is 36.4 Å². The molecule has 0 radical (unpaired) electrons. The Kier molecular flexibility index (Phi) is 5.96. The highest BCUT2D eigenvalue weighted by molar-refractivity contribution is 7.89. The molecule has 0 atom stereocenters. The third-order valence-electron chi connectivity index (χ3n) is 2.68. The van der Waals surface area contributed by atoms with Crippen LogP contribution in [-0.2, 0) is 10.0 Å². The van der Waals surface area contributed by atoms with Gasteiger partial charge in [0.1, 0.15) is 0 Å². The van der Waals surface area contributed by atoms with Crippen LogP contribution < -0.4 is 0 Å². The van der Waals surface area contributed by atoms with Crippen LogP contribution in [0.2, 0.25) is 0 Å². The van der Waals surface area contributed by atoms with Crippen molar-refractivity contribution >= 4 is 10.0 Å². The Morgan fingerprint density at radius 3 is 2.35 bits per heavy atom. The molecular formula is C16H21NO2S. The molecule has 0 unspecified atom stereocenters. The fraction of sp³-hybridized carbons (Fsp3) is 0.312. The largest absolute Gasteiger partial charge is 0.243 e. The standard InChI is InChI=1S/C16H21NO2S/c1-5-12-17(13-6-7-14(2)3)20(18,19)16-10-8-15(4)9-11-16/h5-6,8-11H,1,12-13H2,2-4H3. The average molecular weight is 291 g/mol. The summed E-state index contributed by atoms with van der Waals surface area (Å²) in [7, 11) is -3.50. The first kappa shape index (κ1) is 16.4. The molecule has 108 valence electrons. The summed E-state index contributed by atoms with van der Waals surface area (Å²) in [6.07, 6.45) is 3.31. The van der Waals surface area contributed by atoms with E-state index in [0.29, 0.717) is 4.90 Å². The molecule has 0 saturated carbocycles. The summed E-state index contributed by atoms with van der Waals surface area (Å²) in [5.74, 6) is 0. The smallest absolute Gasteiger partial charge is 0.207 e. The molecule has 1 aromatic rings. The maximum atomic E-state index is 12.5. The number of nitrogens with zero attached hydrogens (tertiary/aromatic N) is 1. The predicted molar refractivity (Wildman–Crippen MR) is 83.1 cm³/mol. The van der Waals surface area contributed by atoms with Crippen molar-refractivity contribution in [1.82, 2.24) is 4.31 Å². The van der Waals surface area contributed by atoms with Gasteiger partial charge in [0.05, 0.1) is 4.90 Å². The van der Waals surface area contributed by atoms with Crippen molar-refractivity contribution in [3.05, 3.63) is 59.9 Å². The average Bonchev–Trinajstić information content (AvgIpc) is 2.38. The Hall–Kier alpha value is -1.61. The second kappa shape index (κ2) is 7.25. The van der Waals surface area contributed by atoms with E-state index in [1.165, 1.54) is 4.31 Å². The van der Waals surface area contributed by atoms with E-state index < -0.39 is 10.0 Å². The molecule has 0 spiro atoms. The number of hydrogen-bond donors (Lipinski definition) is 0. The topological polar surface area (TPSA) is 37.4 Å². The first-order valence-electron chi connectivity index (χ1n) is 6.44. The number of benzene rings is 1. The second-order valence-corrected chi connectivity index (χ2v) is 6.71. The van der Waals surface area contributed by atoms with Crippen molar-refractivity contribution in [3.8, 4) is 0 Å². The monoisotopic (exact) mass is 291 g/mol. The first-order valence-corrected chi connectivity index (χ1v) is 7.88. The Balaban J connectivity index is 3.08. The zero-order valence-electron chi connectivity index (χ0n) is 12.3. The summed E-state index contributed by atoms with van der Waals surface area (Å²) in [4.78, 5) is 0.301. The van der Waals surface area contributed by atoms with E-state index >= 15 is 0 Å². The summed E-state index contributed by atoms with van der Waals surface area (Å²) >= 11 is 0. The Morgan fingerprint density at radius 1 is 1.25 bits per heavy atom.